The van der Waals surface area contributed by atoms with Crippen molar-refractivity contribution in [3.05, 3.63) is 29.2 Å². The van der Waals surface area contributed by atoms with Crippen LogP contribution < -0.4 is 0 Å². The number of rotatable bonds is 1. The zero-order valence-corrected chi connectivity index (χ0v) is 10.6. The highest BCUT2D eigenvalue weighted by molar-refractivity contribution is 5.97. The highest BCUT2D eigenvalue weighted by Crippen LogP contribution is 2.36. The lowest BCUT2D eigenvalue weighted by molar-refractivity contribution is -0.142. The summed E-state index contributed by atoms with van der Waals surface area (Å²) in [5.74, 6) is -0.831. The maximum atomic E-state index is 13.0. The summed E-state index contributed by atoms with van der Waals surface area (Å²) in [6, 6.07) is 1.10. The molecule has 3 rings (SSSR count). The molecular formula is C12H9F3N4O2. The van der Waals surface area contributed by atoms with Gasteiger partial charge in [0.15, 0.2) is 17.3 Å². The molecule has 0 spiro atoms. The number of carbonyl (C=O) groups is 1. The van der Waals surface area contributed by atoms with Crippen LogP contribution in [-0.4, -0.2) is 30.9 Å². The SMILES string of the molecule is O=C1CCCc2c(C(F)(F)F)nn(-c3cc(O)cnn3)c21. The maximum Gasteiger partial charge on any atom is 0.435 e. The van der Waals surface area contributed by atoms with Crippen LogP contribution >= 0.6 is 0 Å². The van der Waals surface area contributed by atoms with Crippen molar-refractivity contribution in [2.45, 2.75) is 25.4 Å². The summed E-state index contributed by atoms with van der Waals surface area (Å²) in [6.07, 6.45) is -2.99. The van der Waals surface area contributed by atoms with E-state index in [1.807, 2.05) is 0 Å². The summed E-state index contributed by atoms with van der Waals surface area (Å²) in [5.41, 5.74) is -1.34. The van der Waals surface area contributed by atoms with Crippen molar-refractivity contribution >= 4 is 5.78 Å². The third kappa shape index (κ3) is 2.24. The average Bonchev–Trinajstić information content (AvgIpc) is 2.79. The van der Waals surface area contributed by atoms with Crippen molar-refractivity contribution < 1.29 is 23.1 Å². The van der Waals surface area contributed by atoms with E-state index in [1.54, 1.807) is 0 Å². The molecule has 0 saturated heterocycles. The lowest BCUT2D eigenvalue weighted by atomic mass is 9.94. The first-order valence-electron chi connectivity index (χ1n) is 6.12. The molecule has 2 aromatic heterocycles. The molecule has 0 unspecified atom stereocenters. The summed E-state index contributed by atoms with van der Waals surface area (Å²) in [6.45, 7) is 0. The summed E-state index contributed by atoms with van der Waals surface area (Å²) in [7, 11) is 0. The van der Waals surface area contributed by atoms with Crippen LogP contribution in [0.1, 0.15) is 34.6 Å². The number of fused-ring (bicyclic) bond motifs is 1. The quantitative estimate of drug-likeness (QED) is 0.869. The highest BCUT2D eigenvalue weighted by Gasteiger charge is 2.41. The molecule has 1 N–H and O–H groups in total. The molecule has 9 heteroatoms. The lowest BCUT2D eigenvalue weighted by Gasteiger charge is -2.13. The van der Waals surface area contributed by atoms with Gasteiger partial charge >= 0.3 is 6.18 Å². The topological polar surface area (TPSA) is 80.9 Å². The standard InChI is InChI=1S/C12H9F3N4O2/c13-12(14,15)11-7-2-1-3-8(21)10(7)19(18-11)9-4-6(20)5-16-17-9/h4-5H,1-3H2,(H,17,20). The van der Waals surface area contributed by atoms with Gasteiger partial charge in [0.05, 0.1) is 6.20 Å². The minimum absolute atomic E-state index is 0.121. The van der Waals surface area contributed by atoms with E-state index in [9.17, 15) is 23.1 Å². The molecule has 2 aromatic rings. The minimum atomic E-state index is -4.66. The van der Waals surface area contributed by atoms with E-state index in [0.717, 1.165) is 16.9 Å². The fourth-order valence-corrected chi connectivity index (χ4v) is 2.36. The Bertz CT molecular complexity index is 724. The third-order valence-corrected chi connectivity index (χ3v) is 3.19. The first-order valence-corrected chi connectivity index (χ1v) is 6.12. The predicted octanol–water partition coefficient (Wildman–Crippen LogP) is 1.91. The van der Waals surface area contributed by atoms with Gasteiger partial charge in [-0.3, -0.25) is 4.79 Å². The zero-order valence-electron chi connectivity index (χ0n) is 10.6. The molecule has 0 aliphatic heterocycles. The Hall–Kier alpha value is -2.45. The molecule has 0 radical (unpaired) electrons. The fraction of sp³-hybridized carbons (Fsp3) is 0.333. The number of hydrogen-bond donors (Lipinski definition) is 1. The van der Waals surface area contributed by atoms with Gasteiger partial charge in [-0.25, -0.2) is 4.68 Å². The van der Waals surface area contributed by atoms with Crippen molar-refractivity contribution in [2.24, 2.45) is 0 Å². The minimum Gasteiger partial charge on any atom is -0.506 e. The van der Waals surface area contributed by atoms with Gasteiger partial charge < -0.3 is 5.11 Å². The first kappa shape index (κ1) is 13.5. The van der Waals surface area contributed by atoms with Crippen LogP contribution in [0.3, 0.4) is 0 Å². The van der Waals surface area contributed by atoms with E-state index in [1.165, 1.54) is 0 Å². The van der Waals surface area contributed by atoms with Crippen molar-refractivity contribution in [2.75, 3.05) is 0 Å². The van der Waals surface area contributed by atoms with Gasteiger partial charge in [0.1, 0.15) is 11.4 Å². The van der Waals surface area contributed by atoms with E-state index in [2.05, 4.69) is 15.3 Å². The summed E-state index contributed by atoms with van der Waals surface area (Å²) in [5, 5.41) is 19.9. The maximum absolute atomic E-state index is 13.0. The van der Waals surface area contributed by atoms with E-state index >= 15 is 0 Å². The molecule has 0 atom stereocenters. The molecule has 0 bridgehead atoms. The normalized spacial score (nSPS) is 15.1. The highest BCUT2D eigenvalue weighted by atomic mass is 19.4. The van der Waals surface area contributed by atoms with Gasteiger partial charge in [0.2, 0.25) is 0 Å². The number of Topliss-reactive ketones (excluding diaryl/α,β-unsaturated/α-hetero) is 1. The Balaban J connectivity index is 2.26. The van der Waals surface area contributed by atoms with Gasteiger partial charge in [-0.05, 0) is 12.8 Å². The Morgan fingerprint density at radius 2 is 2.05 bits per heavy atom. The molecule has 0 aromatic carbocycles. The van der Waals surface area contributed by atoms with Crippen molar-refractivity contribution in [1.29, 1.82) is 0 Å². The first-order chi connectivity index (χ1) is 9.88. The Morgan fingerprint density at radius 3 is 2.71 bits per heavy atom. The summed E-state index contributed by atoms with van der Waals surface area (Å²) >= 11 is 0. The van der Waals surface area contributed by atoms with Crippen molar-refractivity contribution in [1.82, 2.24) is 20.0 Å². The number of aromatic nitrogens is 4. The molecule has 0 amide bonds. The van der Waals surface area contributed by atoms with Crippen molar-refractivity contribution in [3.63, 3.8) is 0 Å². The van der Waals surface area contributed by atoms with Crippen LogP contribution in [0, 0.1) is 0 Å². The molecule has 1 aliphatic rings. The molecule has 21 heavy (non-hydrogen) atoms. The number of carbonyl (C=O) groups excluding carboxylic acids is 1. The van der Waals surface area contributed by atoms with Crippen LogP contribution in [0.5, 0.6) is 5.75 Å². The van der Waals surface area contributed by atoms with Gasteiger partial charge in [-0.1, -0.05) is 0 Å². The van der Waals surface area contributed by atoms with E-state index < -0.39 is 17.7 Å². The average molecular weight is 298 g/mol. The lowest BCUT2D eigenvalue weighted by Crippen LogP contribution is -2.16. The van der Waals surface area contributed by atoms with Gasteiger partial charge in [-0.15, -0.1) is 5.10 Å². The number of alkyl halides is 3. The van der Waals surface area contributed by atoms with Gasteiger partial charge in [0.25, 0.3) is 0 Å². The Kier molecular flexibility index (Phi) is 2.92. The number of nitrogens with zero attached hydrogens (tertiary/aromatic N) is 4. The summed E-state index contributed by atoms with van der Waals surface area (Å²) in [4.78, 5) is 12.0. The van der Waals surface area contributed by atoms with E-state index in [0.29, 0.717) is 6.42 Å². The monoisotopic (exact) mass is 298 g/mol. The predicted molar refractivity (Wildman–Crippen MR) is 63.1 cm³/mol. The van der Waals surface area contributed by atoms with Crippen LogP contribution in [0.4, 0.5) is 13.2 Å². The smallest absolute Gasteiger partial charge is 0.435 e. The van der Waals surface area contributed by atoms with Crippen LogP contribution in [-0.2, 0) is 12.6 Å². The van der Waals surface area contributed by atoms with Crippen LogP contribution in [0.2, 0.25) is 0 Å². The molecule has 0 fully saturated rings. The second-order valence-corrected chi connectivity index (χ2v) is 4.63. The third-order valence-electron chi connectivity index (χ3n) is 3.19. The molecule has 2 heterocycles. The molecule has 1 aliphatic carbocycles. The van der Waals surface area contributed by atoms with Crippen molar-refractivity contribution in [3.8, 4) is 11.6 Å². The van der Waals surface area contributed by atoms with E-state index in [-0.39, 0.29) is 35.7 Å². The molecule has 110 valence electrons. The second kappa shape index (κ2) is 4.54. The number of hydrogen-bond acceptors (Lipinski definition) is 5. The Labute approximate surface area is 116 Å². The van der Waals surface area contributed by atoms with Crippen LogP contribution in [0.25, 0.3) is 5.82 Å². The number of ketones is 1. The van der Waals surface area contributed by atoms with Gasteiger partial charge in [-0.2, -0.15) is 23.4 Å². The van der Waals surface area contributed by atoms with Crippen LogP contribution in [0.15, 0.2) is 12.3 Å². The number of halogens is 3. The van der Waals surface area contributed by atoms with Gasteiger partial charge in [0, 0.05) is 18.1 Å². The zero-order chi connectivity index (χ0) is 15.2. The molecular weight excluding hydrogens is 289 g/mol. The summed E-state index contributed by atoms with van der Waals surface area (Å²) < 4.78 is 39.9. The largest absolute Gasteiger partial charge is 0.506 e. The second-order valence-electron chi connectivity index (χ2n) is 4.63. The fourth-order valence-electron chi connectivity index (χ4n) is 2.36. The molecule has 6 nitrogen and oxygen atoms in total. The Morgan fingerprint density at radius 1 is 1.29 bits per heavy atom. The molecule has 0 saturated carbocycles. The number of aromatic hydroxyl groups is 1. The van der Waals surface area contributed by atoms with E-state index in [4.69, 9.17) is 0 Å².